The molecule has 0 spiro atoms. The van der Waals surface area contributed by atoms with Crippen LogP contribution < -0.4 is 5.32 Å². The summed E-state index contributed by atoms with van der Waals surface area (Å²) < 4.78 is 0. The summed E-state index contributed by atoms with van der Waals surface area (Å²) in [6.07, 6.45) is 0.578. The molecule has 0 aromatic heterocycles. The molecule has 25 heavy (non-hydrogen) atoms. The lowest BCUT2D eigenvalue weighted by molar-refractivity contribution is -0.135. The smallest absolute Gasteiger partial charge is 0.324 e. The highest BCUT2D eigenvalue weighted by atomic mass is 16.4. The van der Waals surface area contributed by atoms with E-state index >= 15 is 0 Å². The van der Waals surface area contributed by atoms with Gasteiger partial charge in [0.25, 0.3) is 5.91 Å². The van der Waals surface area contributed by atoms with Crippen molar-refractivity contribution in [2.75, 3.05) is 13.1 Å². The highest BCUT2D eigenvalue weighted by Crippen LogP contribution is 2.20. The molecule has 0 heterocycles. The first-order valence-corrected chi connectivity index (χ1v) is 8.00. The molecule has 6 heteroatoms. The second-order valence-electron chi connectivity index (χ2n) is 5.45. The number of carboxylic acid groups (broad SMARTS) is 1. The van der Waals surface area contributed by atoms with Crippen LogP contribution in [0.15, 0.2) is 54.6 Å². The molecule has 2 aromatic rings. The van der Waals surface area contributed by atoms with Crippen molar-refractivity contribution >= 4 is 17.9 Å². The van der Waals surface area contributed by atoms with Gasteiger partial charge in [-0.1, -0.05) is 49.4 Å². The highest BCUT2D eigenvalue weighted by Gasteiger charge is 2.22. The van der Waals surface area contributed by atoms with Crippen molar-refractivity contribution in [3.05, 3.63) is 60.2 Å². The molecule has 130 valence electrons. The molecule has 0 unspecified atom stereocenters. The molecule has 2 rings (SSSR count). The minimum absolute atomic E-state index is 0.213. The molecular formula is C19H20N2O4. The Bertz CT molecular complexity index is 742. The van der Waals surface area contributed by atoms with E-state index in [2.05, 4.69) is 5.32 Å². The quantitative estimate of drug-likeness (QED) is 0.846. The van der Waals surface area contributed by atoms with Gasteiger partial charge in [0.05, 0.1) is 0 Å². The molecule has 3 amide bonds. The number of hydrogen-bond acceptors (Lipinski definition) is 3. The third kappa shape index (κ3) is 4.91. The molecule has 0 aliphatic rings. The average Bonchev–Trinajstić information content (AvgIpc) is 2.64. The van der Waals surface area contributed by atoms with Crippen LogP contribution in [0.1, 0.15) is 23.7 Å². The maximum Gasteiger partial charge on any atom is 0.324 e. The van der Waals surface area contributed by atoms with Crippen molar-refractivity contribution in [2.45, 2.75) is 13.3 Å². The number of nitrogens with one attached hydrogen (secondary N) is 1. The van der Waals surface area contributed by atoms with Gasteiger partial charge < -0.3 is 10.4 Å². The van der Waals surface area contributed by atoms with Crippen molar-refractivity contribution in [3.8, 4) is 11.1 Å². The van der Waals surface area contributed by atoms with Crippen LogP contribution in [0.3, 0.4) is 0 Å². The Morgan fingerprint density at radius 1 is 0.960 bits per heavy atom. The van der Waals surface area contributed by atoms with E-state index in [1.54, 1.807) is 12.1 Å². The summed E-state index contributed by atoms with van der Waals surface area (Å²) in [6.45, 7) is 1.52. The maximum absolute atomic E-state index is 12.6. The van der Waals surface area contributed by atoms with Gasteiger partial charge in [0, 0.05) is 12.1 Å². The Kier molecular flexibility index (Phi) is 6.28. The first-order valence-electron chi connectivity index (χ1n) is 8.00. The number of hydrogen-bond donors (Lipinski definition) is 2. The summed E-state index contributed by atoms with van der Waals surface area (Å²) in [6, 6.07) is 16.0. The number of urea groups is 1. The van der Waals surface area contributed by atoms with Gasteiger partial charge in [-0.15, -0.1) is 0 Å². The predicted octanol–water partition coefficient (Wildman–Crippen LogP) is 3.00. The molecule has 0 fully saturated rings. The Morgan fingerprint density at radius 3 is 2.12 bits per heavy atom. The van der Waals surface area contributed by atoms with Gasteiger partial charge in [0.2, 0.25) is 0 Å². The number of carbonyl (C=O) groups is 3. The van der Waals surface area contributed by atoms with Gasteiger partial charge >= 0.3 is 12.0 Å². The topological polar surface area (TPSA) is 86.7 Å². The summed E-state index contributed by atoms with van der Waals surface area (Å²) >= 11 is 0. The van der Waals surface area contributed by atoms with E-state index in [1.165, 1.54) is 0 Å². The van der Waals surface area contributed by atoms with Crippen LogP contribution in [0.25, 0.3) is 11.1 Å². The number of benzene rings is 2. The van der Waals surface area contributed by atoms with Crippen molar-refractivity contribution in [1.29, 1.82) is 0 Å². The van der Waals surface area contributed by atoms with E-state index in [4.69, 9.17) is 5.11 Å². The number of nitrogens with zero attached hydrogens (tertiary/aromatic N) is 1. The first-order chi connectivity index (χ1) is 12.0. The Labute approximate surface area is 146 Å². The lowest BCUT2D eigenvalue weighted by Crippen LogP contribution is -2.45. The van der Waals surface area contributed by atoms with E-state index < -0.39 is 24.5 Å². The van der Waals surface area contributed by atoms with Gasteiger partial charge in [-0.2, -0.15) is 0 Å². The van der Waals surface area contributed by atoms with Crippen molar-refractivity contribution < 1.29 is 19.5 Å². The zero-order valence-electron chi connectivity index (χ0n) is 13.9. The molecular weight excluding hydrogens is 320 g/mol. The standard InChI is InChI=1S/C19H20N2O4/c1-2-12-21(19(25)20-13-17(22)23)18(24)16-10-8-15(9-11-16)14-6-4-3-5-7-14/h3-11H,2,12-13H2,1H3,(H,20,25)(H,22,23). The van der Waals surface area contributed by atoms with Gasteiger partial charge in [-0.05, 0) is 29.7 Å². The fourth-order valence-corrected chi connectivity index (χ4v) is 2.36. The Balaban J connectivity index is 2.15. The van der Waals surface area contributed by atoms with Crippen LogP contribution in [0, 0.1) is 0 Å². The predicted molar refractivity (Wildman–Crippen MR) is 94.2 cm³/mol. The lowest BCUT2D eigenvalue weighted by atomic mass is 10.0. The number of rotatable bonds is 6. The summed E-state index contributed by atoms with van der Waals surface area (Å²) in [7, 11) is 0. The van der Waals surface area contributed by atoms with Crippen molar-refractivity contribution in [3.63, 3.8) is 0 Å². The number of aliphatic carboxylic acids is 1. The van der Waals surface area contributed by atoms with Crippen LogP contribution in [-0.4, -0.2) is 41.0 Å². The average molecular weight is 340 g/mol. The van der Waals surface area contributed by atoms with Gasteiger partial charge in [-0.25, -0.2) is 4.79 Å². The molecule has 0 radical (unpaired) electrons. The molecule has 0 saturated carbocycles. The number of carboxylic acids is 1. The van der Waals surface area contributed by atoms with Crippen LogP contribution in [0.4, 0.5) is 4.79 Å². The fourth-order valence-electron chi connectivity index (χ4n) is 2.36. The molecule has 0 atom stereocenters. The summed E-state index contributed by atoms with van der Waals surface area (Å²) in [5.74, 6) is -1.62. The zero-order chi connectivity index (χ0) is 18.2. The number of imide groups is 1. The fraction of sp³-hybridized carbons (Fsp3) is 0.211. The first kappa shape index (κ1) is 18.2. The summed E-state index contributed by atoms with van der Waals surface area (Å²) in [5, 5.41) is 10.9. The normalized spacial score (nSPS) is 10.1. The van der Waals surface area contributed by atoms with Crippen LogP contribution in [0.2, 0.25) is 0 Å². The minimum atomic E-state index is -1.16. The van der Waals surface area contributed by atoms with E-state index in [0.717, 1.165) is 16.0 Å². The third-order valence-electron chi connectivity index (χ3n) is 3.57. The maximum atomic E-state index is 12.6. The molecule has 2 N–H and O–H groups in total. The van der Waals surface area contributed by atoms with E-state index in [9.17, 15) is 14.4 Å². The van der Waals surface area contributed by atoms with Gasteiger partial charge in [-0.3, -0.25) is 14.5 Å². The van der Waals surface area contributed by atoms with Gasteiger partial charge in [0.15, 0.2) is 0 Å². The molecule has 0 aliphatic carbocycles. The molecule has 0 saturated heterocycles. The number of amides is 3. The minimum Gasteiger partial charge on any atom is -0.480 e. The SMILES string of the molecule is CCCN(C(=O)NCC(=O)O)C(=O)c1ccc(-c2ccccc2)cc1. The lowest BCUT2D eigenvalue weighted by Gasteiger charge is -2.20. The largest absolute Gasteiger partial charge is 0.480 e. The van der Waals surface area contributed by atoms with Crippen LogP contribution in [-0.2, 0) is 4.79 Å². The van der Waals surface area contributed by atoms with Gasteiger partial charge in [0.1, 0.15) is 6.54 Å². The second-order valence-corrected chi connectivity index (χ2v) is 5.45. The second kappa shape index (κ2) is 8.63. The van der Waals surface area contributed by atoms with E-state index in [-0.39, 0.29) is 6.54 Å². The molecule has 2 aromatic carbocycles. The van der Waals surface area contributed by atoms with Crippen LogP contribution >= 0.6 is 0 Å². The zero-order valence-corrected chi connectivity index (χ0v) is 13.9. The summed E-state index contributed by atoms with van der Waals surface area (Å²) in [5.41, 5.74) is 2.37. The third-order valence-corrected chi connectivity index (χ3v) is 3.57. The van der Waals surface area contributed by atoms with Crippen LogP contribution in [0.5, 0.6) is 0 Å². The Morgan fingerprint density at radius 2 is 1.56 bits per heavy atom. The number of carbonyl (C=O) groups excluding carboxylic acids is 2. The van der Waals surface area contributed by atoms with E-state index in [1.807, 2.05) is 49.4 Å². The van der Waals surface area contributed by atoms with Crippen molar-refractivity contribution in [2.24, 2.45) is 0 Å². The molecule has 6 nitrogen and oxygen atoms in total. The monoisotopic (exact) mass is 340 g/mol. The van der Waals surface area contributed by atoms with Crippen molar-refractivity contribution in [1.82, 2.24) is 10.2 Å². The molecule has 0 bridgehead atoms. The van der Waals surface area contributed by atoms with E-state index in [0.29, 0.717) is 12.0 Å². The highest BCUT2D eigenvalue weighted by molar-refractivity contribution is 6.04. The molecule has 0 aliphatic heterocycles. The Hall–Kier alpha value is -3.15. The summed E-state index contributed by atoms with van der Waals surface area (Å²) in [4.78, 5) is 36.3.